The second kappa shape index (κ2) is 21.5. The fourth-order valence-electron chi connectivity index (χ4n) is 1.70. The molecule has 0 aliphatic rings. The summed E-state index contributed by atoms with van der Waals surface area (Å²) in [6.45, 7) is 26.7. The Balaban J connectivity index is -0.000000338. The second-order valence-corrected chi connectivity index (χ2v) is 8.00. The smallest absolute Gasteiger partial charge is 0.0193 e. The Morgan fingerprint density at radius 3 is 1.89 bits per heavy atom. The van der Waals surface area contributed by atoms with Crippen LogP contribution >= 0.6 is 0 Å². The molecule has 1 unspecified atom stereocenters. The monoisotopic (exact) mass is 384 g/mol. The zero-order valence-corrected chi connectivity index (χ0v) is 20.8. The summed E-state index contributed by atoms with van der Waals surface area (Å²) in [7, 11) is 0. The predicted molar refractivity (Wildman–Crippen MR) is 134 cm³/mol. The standard InChI is InChI=1S/C11H16.C10H16.C4H10.C3H6/c1-4-10(3)11-7-5-6-9(2)8-11;1-5-10(4)8-6-7-9(2)3;1-4(2)3;1-3-2/h5-8,10H,4H2,1-3H3;5-8H,1-4H3;4H,1-3H3;3H,1H2,2H3/b;8-6-,10-5-;;. The highest BCUT2D eigenvalue weighted by Gasteiger charge is 2.00. The van der Waals surface area contributed by atoms with Gasteiger partial charge in [-0.1, -0.05) is 106 Å². The average molecular weight is 385 g/mol. The molecule has 0 nitrogen and oxygen atoms in total. The van der Waals surface area contributed by atoms with Gasteiger partial charge in [-0.2, -0.15) is 0 Å². The molecule has 0 radical (unpaired) electrons. The summed E-state index contributed by atoms with van der Waals surface area (Å²) < 4.78 is 0. The number of hydrogen-bond donors (Lipinski definition) is 0. The first-order valence-corrected chi connectivity index (χ1v) is 10.6. The highest BCUT2D eigenvalue weighted by atomic mass is 14.1. The third-order valence-corrected chi connectivity index (χ3v) is 3.47. The molecule has 0 aliphatic heterocycles. The predicted octanol–water partition coefficient (Wildman–Crippen LogP) is 9.84. The molecule has 0 fully saturated rings. The van der Waals surface area contributed by atoms with Gasteiger partial charge < -0.3 is 0 Å². The molecule has 0 bridgehead atoms. The van der Waals surface area contributed by atoms with Crippen LogP contribution in [0.15, 0.2) is 72.4 Å². The maximum atomic E-state index is 3.36. The molecule has 0 aliphatic carbocycles. The van der Waals surface area contributed by atoms with E-state index in [4.69, 9.17) is 0 Å². The van der Waals surface area contributed by atoms with Gasteiger partial charge in [0.1, 0.15) is 0 Å². The molecular weight excluding hydrogens is 336 g/mol. The van der Waals surface area contributed by atoms with Crippen molar-refractivity contribution in [2.24, 2.45) is 5.92 Å². The van der Waals surface area contributed by atoms with E-state index in [0.717, 1.165) is 5.92 Å². The van der Waals surface area contributed by atoms with Gasteiger partial charge in [0.2, 0.25) is 0 Å². The summed E-state index contributed by atoms with van der Waals surface area (Å²) in [6.07, 6.45) is 11.4. The Morgan fingerprint density at radius 2 is 1.54 bits per heavy atom. The van der Waals surface area contributed by atoms with Crippen LogP contribution in [0.4, 0.5) is 0 Å². The summed E-state index contributed by atoms with van der Waals surface area (Å²) >= 11 is 0. The molecule has 1 atom stereocenters. The number of hydrogen-bond acceptors (Lipinski definition) is 0. The zero-order chi connectivity index (χ0) is 22.5. The Morgan fingerprint density at radius 1 is 1.04 bits per heavy atom. The van der Waals surface area contributed by atoms with Crippen molar-refractivity contribution in [1.82, 2.24) is 0 Å². The van der Waals surface area contributed by atoms with Crippen LogP contribution in [-0.2, 0) is 0 Å². The number of aryl methyl sites for hydroxylation is 1. The van der Waals surface area contributed by atoms with Crippen LogP contribution in [0.25, 0.3) is 0 Å². The van der Waals surface area contributed by atoms with Crippen molar-refractivity contribution < 1.29 is 0 Å². The molecule has 0 heterocycles. The number of allylic oxidation sites excluding steroid dienone is 7. The minimum absolute atomic E-state index is 0.704. The summed E-state index contributed by atoms with van der Waals surface area (Å²) in [6, 6.07) is 8.76. The highest BCUT2D eigenvalue weighted by Crippen LogP contribution is 2.18. The van der Waals surface area contributed by atoms with E-state index in [-0.39, 0.29) is 0 Å². The molecule has 28 heavy (non-hydrogen) atoms. The molecule has 0 heteroatoms. The summed E-state index contributed by atoms with van der Waals surface area (Å²) in [5.74, 6) is 1.54. The van der Waals surface area contributed by atoms with Crippen molar-refractivity contribution >= 4 is 0 Å². The molecule has 1 aromatic carbocycles. The van der Waals surface area contributed by atoms with Crippen LogP contribution in [-0.4, -0.2) is 0 Å². The Labute approximate surface area is 178 Å². The molecule has 0 aromatic heterocycles. The lowest BCUT2D eigenvalue weighted by molar-refractivity contribution is 0.733. The average Bonchev–Trinajstić information content (AvgIpc) is 2.61. The minimum atomic E-state index is 0.704. The summed E-state index contributed by atoms with van der Waals surface area (Å²) in [4.78, 5) is 0. The van der Waals surface area contributed by atoms with E-state index in [9.17, 15) is 0 Å². The first-order valence-electron chi connectivity index (χ1n) is 10.6. The second-order valence-electron chi connectivity index (χ2n) is 8.00. The van der Waals surface area contributed by atoms with Gasteiger partial charge in [0.15, 0.2) is 0 Å². The van der Waals surface area contributed by atoms with E-state index >= 15 is 0 Å². The fraction of sp³-hybridized carbons (Fsp3) is 0.500. The molecule has 0 saturated heterocycles. The summed E-state index contributed by atoms with van der Waals surface area (Å²) in [5.41, 5.74) is 5.47. The molecule has 0 saturated carbocycles. The lowest BCUT2D eigenvalue weighted by Gasteiger charge is -2.08. The lowest BCUT2D eigenvalue weighted by atomic mass is 9.97. The van der Waals surface area contributed by atoms with Crippen LogP contribution in [0, 0.1) is 12.8 Å². The topological polar surface area (TPSA) is 0 Å². The molecule has 1 aromatic rings. The van der Waals surface area contributed by atoms with Gasteiger partial charge >= 0.3 is 0 Å². The molecule has 160 valence electrons. The maximum Gasteiger partial charge on any atom is -0.0193 e. The zero-order valence-electron chi connectivity index (χ0n) is 20.8. The summed E-state index contributed by atoms with van der Waals surface area (Å²) in [5, 5.41) is 0. The van der Waals surface area contributed by atoms with E-state index < -0.39 is 0 Å². The fourth-order valence-corrected chi connectivity index (χ4v) is 1.70. The van der Waals surface area contributed by atoms with Gasteiger partial charge in [0.25, 0.3) is 0 Å². The molecule has 1 rings (SSSR count). The third kappa shape index (κ3) is 26.4. The van der Waals surface area contributed by atoms with Crippen LogP contribution in [0.1, 0.15) is 92.7 Å². The molecule has 0 spiro atoms. The van der Waals surface area contributed by atoms with E-state index in [1.54, 1.807) is 6.08 Å². The van der Waals surface area contributed by atoms with E-state index in [2.05, 4.69) is 117 Å². The maximum absolute atomic E-state index is 3.36. The third-order valence-electron chi connectivity index (χ3n) is 3.47. The minimum Gasteiger partial charge on any atom is -0.103 e. The van der Waals surface area contributed by atoms with E-state index in [1.165, 1.54) is 28.7 Å². The highest BCUT2D eigenvalue weighted by molar-refractivity contribution is 5.24. The van der Waals surface area contributed by atoms with Gasteiger partial charge in [0.05, 0.1) is 0 Å². The van der Waals surface area contributed by atoms with Crippen molar-refractivity contribution in [2.45, 2.75) is 88.5 Å². The SMILES string of the molecule is C/C=C(C)\C=C/C=C(C)C.C=CC.CC(C)C.CCC(C)c1cccc(C)c1. The van der Waals surface area contributed by atoms with Crippen LogP contribution in [0.5, 0.6) is 0 Å². The largest absolute Gasteiger partial charge is 0.103 e. The van der Waals surface area contributed by atoms with Gasteiger partial charge in [-0.05, 0) is 65.4 Å². The normalized spacial score (nSPS) is 11.2. The van der Waals surface area contributed by atoms with Gasteiger partial charge in [-0.3, -0.25) is 0 Å². The Bertz CT molecular complexity index is 561. The van der Waals surface area contributed by atoms with Crippen molar-refractivity contribution in [3.05, 3.63) is 83.5 Å². The molecule has 0 N–H and O–H groups in total. The lowest BCUT2D eigenvalue weighted by Crippen LogP contribution is -1.90. The Hall–Kier alpha value is -1.82. The van der Waals surface area contributed by atoms with E-state index in [1.807, 2.05) is 13.8 Å². The quantitative estimate of drug-likeness (QED) is 0.358. The van der Waals surface area contributed by atoms with Crippen LogP contribution < -0.4 is 0 Å². The van der Waals surface area contributed by atoms with Crippen LogP contribution in [0.3, 0.4) is 0 Å². The van der Waals surface area contributed by atoms with Crippen molar-refractivity contribution in [3.8, 4) is 0 Å². The van der Waals surface area contributed by atoms with E-state index in [0.29, 0.717) is 5.92 Å². The molecular formula is C28H48. The van der Waals surface area contributed by atoms with Gasteiger partial charge in [0, 0.05) is 0 Å². The van der Waals surface area contributed by atoms with Gasteiger partial charge in [-0.15, -0.1) is 6.58 Å². The Kier molecular flexibility index (Phi) is 23.7. The number of benzene rings is 1. The van der Waals surface area contributed by atoms with Crippen molar-refractivity contribution in [1.29, 1.82) is 0 Å². The van der Waals surface area contributed by atoms with Crippen LogP contribution in [0.2, 0.25) is 0 Å². The van der Waals surface area contributed by atoms with Crippen molar-refractivity contribution in [2.75, 3.05) is 0 Å². The molecule has 0 amide bonds. The first-order chi connectivity index (χ1) is 13.0. The van der Waals surface area contributed by atoms with Gasteiger partial charge in [-0.25, -0.2) is 0 Å². The van der Waals surface area contributed by atoms with Crippen molar-refractivity contribution in [3.63, 3.8) is 0 Å². The number of rotatable bonds is 4. The first kappa shape index (κ1) is 30.9.